The fourth-order valence-electron chi connectivity index (χ4n) is 2.01. The predicted molar refractivity (Wildman–Crippen MR) is 80.1 cm³/mol. The molecule has 1 aliphatic rings. The molecule has 0 spiro atoms. The van der Waals surface area contributed by atoms with Gasteiger partial charge in [0.15, 0.2) is 0 Å². The van der Waals surface area contributed by atoms with Gasteiger partial charge in [0, 0.05) is 6.20 Å². The maximum atomic E-state index is 9.60. The molecule has 0 saturated carbocycles. The summed E-state index contributed by atoms with van der Waals surface area (Å²) < 4.78 is 11.9. The summed E-state index contributed by atoms with van der Waals surface area (Å²) in [6, 6.07) is 3.89. The Morgan fingerprint density at radius 3 is 2.40 bits per heavy atom. The number of aliphatic hydroxyl groups is 1. The van der Waals surface area contributed by atoms with Gasteiger partial charge in [0.2, 0.25) is 0 Å². The van der Waals surface area contributed by atoms with Gasteiger partial charge in [0.1, 0.15) is 0 Å². The predicted octanol–water partition coefficient (Wildman–Crippen LogP) is 2.40. The second kappa shape index (κ2) is 5.32. The Morgan fingerprint density at radius 2 is 1.90 bits per heavy atom. The molecule has 1 aromatic rings. The molecule has 0 unspecified atom stereocenters. The highest BCUT2D eigenvalue weighted by Crippen LogP contribution is 2.38. The Labute approximate surface area is 121 Å². The Balaban J connectivity index is 2.26. The standard InChI is InChI=1S/C15H22BNO3/c1-11-6-7-17-13(8-11)9-12(10-18)16-19-14(2,3)15(4,5)20-16/h6-9,18H,10H2,1-5H3. The Morgan fingerprint density at radius 1 is 1.30 bits per heavy atom. The van der Waals surface area contributed by atoms with E-state index in [1.165, 1.54) is 0 Å². The summed E-state index contributed by atoms with van der Waals surface area (Å²) in [6.07, 6.45) is 3.58. The van der Waals surface area contributed by atoms with Crippen molar-refractivity contribution >= 4 is 13.2 Å². The van der Waals surface area contributed by atoms with E-state index >= 15 is 0 Å². The van der Waals surface area contributed by atoms with E-state index in [-0.39, 0.29) is 6.61 Å². The van der Waals surface area contributed by atoms with Crippen molar-refractivity contribution < 1.29 is 14.4 Å². The number of aromatic nitrogens is 1. The van der Waals surface area contributed by atoms with Crippen LogP contribution in [0.3, 0.4) is 0 Å². The summed E-state index contributed by atoms with van der Waals surface area (Å²) in [6.45, 7) is 9.86. The summed E-state index contributed by atoms with van der Waals surface area (Å²) in [5.74, 6) is 0. The maximum absolute atomic E-state index is 9.60. The van der Waals surface area contributed by atoms with Gasteiger partial charge in [-0.25, -0.2) is 0 Å². The minimum atomic E-state index is -0.535. The zero-order valence-electron chi connectivity index (χ0n) is 12.8. The number of hydrogen-bond donors (Lipinski definition) is 1. The van der Waals surface area contributed by atoms with E-state index in [4.69, 9.17) is 9.31 Å². The van der Waals surface area contributed by atoms with Crippen molar-refractivity contribution in [2.45, 2.75) is 45.8 Å². The van der Waals surface area contributed by atoms with E-state index in [9.17, 15) is 5.11 Å². The molecule has 108 valence electrons. The molecule has 2 rings (SSSR count). The third-order valence-corrected chi connectivity index (χ3v) is 4.01. The van der Waals surface area contributed by atoms with Crippen molar-refractivity contribution in [3.8, 4) is 0 Å². The van der Waals surface area contributed by atoms with Crippen molar-refractivity contribution in [2.24, 2.45) is 0 Å². The lowest BCUT2D eigenvalue weighted by Crippen LogP contribution is -2.41. The first kappa shape index (κ1) is 15.2. The van der Waals surface area contributed by atoms with Crippen LogP contribution in [-0.4, -0.2) is 35.0 Å². The molecule has 0 radical (unpaired) electrons. The molecule has 1 fully saturated rings. The molecule has 1 aromatic heterocycles. The van der Waals surface area contributed by atoms with Gasteiger partial charge in [-0.15, -0.1) is 0 Å². The molecular formula is C15H22BNO3. The van der Waals surface area contributed by atoms with Crippen molar-refractivity contribution in [3.63, 3.8) is 0 Å². The SMILES string of the molecule is Cc1ccnc(C=C(CO)B2OC(C)(C)C(C)(C)O2)c1. The van der Waals surface area contributed by atoms with Gasteiger partial charge in [0.05, 0.1) is 23.5 Å². The van der Waals surface area contributed by atoms with Crippen molar-refractivity contribution in [1.29, 1.82) is 0 Å². The molecule has 0 amide bonds. The van der Waals surface area contributed by atoms with Crippen LogP contribution in [0.25, 0.3) is 6.08 Å². The minimum absolute atomic E-state index is 0.119. The summed E-state index contributed by atoms with van der Waals surface area (Å²) in [5.41, 5.74) is 1.78. The van der Waals surface area contributed by atoms with E-state index in [0.29, 0.717) is 5.47 Å². The zero-order valence-corrected chi connectivity index (χ0v) is 12.8. The maximum Gasteiger partial charge on any atom is 0.492 e. The van der Waals surface area contributed by atoms with Gasteiger partial charge < -0.3 is 14.4 Å². The number of hydrogen-bond acceptors (Lipinski definition) is 4. The highest BCUT2D eigenvalue weighted by Gasteiger charge is 2.52. The van der Waals surface area contributed by atoms with Crippen LogP contribution in [-0.2, 0) is 9.31 Å². The van der Waals surface area contributed by atoms with Crippen LogP contribution < -0.4 is 0 Å². The first-order valence-corrected chi connectivity index (χ1v) is 6.85. The molecule has 1 N–H and O–H groups in total. The van der Waals surface area contributed by atoms with Crippen LogP contribution in [0.15, 0.2) is 23.8 Å². The van der Waals surface area contributed by atoms with E-state index < -0.39 is 18.3 Å². The van der Waals surface area contributed by atoms with Crippen LogP contribution in [0, 0.1) is 6.92 Å². The molecule has 20 heavy (non-hydrogen) atoms. The first-order chi connectivity index (χ1) is 9.25. The molecule has 1 aliphatic heterocycles. The third kappa shape index (κ3) is 2.95. The number of pyridine rings is 1. The largest absolute Gasteiger partial charge is 0.492 e. The van der Waals surface area contributed by atoms with Crippen LogP contribution in [0.4, 0.5) is 0 Å². The average Bonchev–Trinajstić information content (AvgIpc) is 2.55. The highest BCUT2D eigenvalue weighted by atomic mass is 16.7. The van der Waals surface area contributed by atoms with Gasteiger partial charge in [-0.05, 0) is 63.9 Å². The van der Waals surface area contributed by atoms with Crippen LogP contribution in [0.2, 0.25) is 0 Å². The van der Waals surface area contributed by atoms with Crippen molar-refractivity contribution in [1.82, 2.24) is 4.98 Å². The van der Waals surface area contributed by atoms with E-state index in [2.05, 4.69) is 4.98 Å². The van der Waals surface area contributed by atoms with Crippen LogP contribution in [0.5, 0.6) is 0 Å². The van der Waals surface area contributed by atoms with Crippen molar-refractivity contribution in [3.05, 3.63) is 35.1 Å². The second-order valence-corrected chi connectivity index (χ2v) is 6.22. The quantitative estimate of drug-likeness (QED) is 0.860. The summed E-state index contributed by atoms with van der Waals surface area (Å²) in [7, 11) is -0.535. The highest BCUT2D eigenvalue weighted by molar-refractivity contribution is 6.55. The molecule has 2 heterocycles. The van der Waals surface area contributed by atoms with E-state index in [1.54, 1.807) is 6.20 Å². The van der Waals surface area contributed by atoms with E-state index in [1.807, 2.05) is 52.8 Å². The van der Waals surface area contributed by atoms with E-state index in [0.717, 1.165) is 11.3 Å². The molecule has 4 nitrogen and oxygen atoms in total. The lowest BCUT2D eigenvalue weighted by molar-refractivity contribution is 0.00578. The molecule has 5 heteroatoms. The molecule has 0 aromatic carbocycles. The normalized spacial score (nSPS) is 21.3. The summed E-state index contributed by atoms with van der Waals surface area (Å²) >= 11 is 0. The van der Waals surface area contributed by atoms with Gasteiger partial charge in [-0.2, -0.15) is 0 Å². The first-order valence-electron chi connectivity index (χ1n) is 6.85. The number of nitrogens with zero attached hydrogens (tertiary/aromatic N) is 1. The molecule has 0 aliphatic carbocycles. The Hall–Kier alpha value is -1.17. The van der Waals surface area contributed by atoms with Crippen LogP contribution >= 0.6 is 0 Å². The van der Waals surface area contributed by atoms with Gasteiger partial charge >= 0.3 is 7.12 Å². The van der Waals surface area contributed by atoms with Gasteiger partial charge in [-0.1, -0.05) is 0 Å². The number of aryl methyl sites for hydroxylation is 1. The minimum Gasteiger partial charge on any atom is -0.400 e. The average molecular weight is 275 g/mol. The monoisotopic (exact) mass is 275 g/mol. The number of aliphatic hydroxyl groups excluding tert-OH is 1. The fraction of sp³-hybridized carbons (Fsp3) is 0.533. The third-order valence-electron chi connectivity index (χ3n) is 4.01. The topological polar surface area (TPSA) is 51.6 Å². The van der Waals surface area contributed by atoms with Gasteiger partial charge in [0.25, 0.3) is 0 Å². The second-order valence-electron chi connectivity index (χ2n) is 6.22. The van der Waals surface area contributed by atoms with Crippen molar-refractivity contribution in [2.75, 3.05) is 6.61 Å². The summed E-state index contributed by atoms with van der Waals surface area (Å²) in [4.78, 5) is 4.27. The molecule has 1 saturated heterocycles. The lowest BCUT2D eigenvalue weighted by Gasteiger charge is -2.32. The molecule has 0 bridgehead atoms. The molecular weight excluding hydrogens is 253 g/mol. The summed E-state index contributed by atoms with van der Waals surface area (Å²) in [5, 5.41) is 9.60. The van der Waals surface area contributed by atoms with Crippen LogP contribution in [0.1, 0.15) is 39.0 Å². The Bertz CT molecular complexity index is 510. The fourth-order valence-corrected chi connectivity index (χ4v) is 2.01. The number of rotatable bonds is 3. The smallest absolute Gasteiger partial charge is 0.400 e. The zero-order chi connectivity index (χ0) is 15.0. The van der Waals surface area contributed by atoms with Gasteiger partial charge in [-0.3, -0.25) is 4.98 Å². The Kier molecular flexibility index (Phi) is 4.05. The molecule has 0 atom stereocenters. The lowest BCUT2D eigenvalue weighted by atomic mass is 9.78.